The summed E-state index contributed by atoms with van der Waals surface area (Å²) in [6, 6.07) is 18.1. The van der Waals surface area contributed by atoms with Crippen molar-refractivity contribution < 1.29 is 9.59 Å². The molecule has 1 aliphatic rings. The van der Waals surface area contributed by atoms with Gasteiger partial charge in [0.1, 0.15) is 6.04 Å². The number of nitrogens with one attached hydrogen (secondary N) is 1. The third-order valence-electron chi connectivity index (χ3n) is 5.85. The Kier molecular flexibility index (Phi) is 9.01. The van der Waals surface area contributed by atoms with Crippen LogP contribution < -0.4 is 5.32 Å². The van der Waals surface area contributed by atoms with Gasteiger partial charge in [0.25, 0.3) is 0 Å². The topological polar surface area (TPSA) is 49.4 Å². The van der Waals surface area contributed by atoms with Crippen LogP contribution >= 0.6 is 11.8 Å². The van der Waals surface area contributed by atoms with Gasteiger partial charge in [0.05, 0.1) is 0 Å². The molecule has 0 heterocycles. The maximum absolute atomic E-state index is 13.3. The standard InChI is InChI=1S/C26H34N2O2S/c1-3-24(26(30)27-22-12-7-8-13-22)28(19-21-11-9-10-20(2)18-21)25(29)16-17-31-23-14-5-4-6-15-23/h4-6,9-11,14-15,18,22,24H,3,7-8,12-13,16-17,19H2,1-2H3,(H,27,30)/t24-/m0/s1. The average Bonchev–Trinajstić information content (AvgIpc) is 3.27. The van der Waals surface area contributed by atoms with Crippen LogP contribution in [0.5, 0.6) is 0 Å². The van der Waals surface area contributed by atoms with Gasteiger partial charge in [-0.3, -0.25) is 9.59 Å². The van der Waals surface area contributed by atoms with E-state index in [0.717, 1.165) is 28.9 Å². The van der Waals surface area contributed by atoms with E-state index in [9.17, 15) is 9.59 Å². The van der Waals surface area contributed by atoms with Gasteiger partial charge in [0.2, 0.25) is 11.8 Å². The summed E-state index contributed by atoms with van der Waals surface area (Å²) >= 11 is 1.68. The molecule has 1 aliphatic carbocycles. The Morgan fingerprint density at radius 3 is 2.52 bits per heavy atom. The van der Waals surface area contributed by atoms with E-state index in [4.69, 9.17) is 0 Å². The first kappa shape index (κ1) is 23.4. The molecule has 0 aromatic heterocycles. The zero-order chi connectivity index (χ0) is 22.1. The summed E-state index contributed by atoms with van der Waals surface area (Å²) in [7, 11) is 0. The van der Waals surface area contributed by atoms with E-state index < -0.39 is 6.04 Å². The number of rotatable bonds is 10. The van der Waals surface area contributed by atoms with Crippen LogP contribution in [0.1, 0.15) is 56.6 Å². The highest BCUT2D eigenvalue weighted by molar-refractivity contribution is 7.99. The molecule has 1 atom stereocenters. The van der Waals surface area contributed by atoms with Crippen LogP contribution in [0, 0.1) is 6.92 Å². The number of benzene rings is 2. The molecule has 0 aliphatic heterocycles. The third-order valence-corrected chi connectivity index (χ3v) is 6.86. The summed E-state index contributed by atoms with van der Waals surface area (Å²) in [5.74, 6) is 0.734. The minimum Gasteiger partial charge on any atom is -0.352 e. The SMILES string of the molecule is CC[C@@H](C(=O)NC1CCCC1)N(Cc1cccc(C)c1)C(=O)CCSc1ccccc1. The number of hydrogen-bond acceptors (Lipinski definition) is 3. The molecular formula is C26H34N2O2S. The predicted molar refractivity (Wildman–Crippen MR) is 128 cm³/mol. The number of nitrogens with zero attached hydrogens (tertiary/aromatic N) is 1. The third kappa shape index (κ3) is 7.13. The molecule has 0 radical (unpaired) electrons. The monoisotopic (exact) mass is 438 g/mol. The molecule has 0 saturated heterocycles. The van der Waals surface area contributed by atoms with Crippen molar-refractivity contribution in [2.75, 3.05) is 5.75 Å². The lowest BCUT2D eigenvalue weighted by atomic mass is 10.1. The van der Waals surface area contributed by atoms with Crippen molar-refractivity contribution in [3.05, 3.63) is 65.7 Å². The molecule has 0 unspecified atom stereocenters. The van der Waals surface area contributed by atoms with Gasteiger partial charge in [0, 0.05) is 29.7 Å². The summed E-state index contributed by atoms with van der Waals surface area (Å²) in [5, 5.41) is 3.21. The van der Waals surface area contributed by atoms with E-state index in [1.54, 1.807) is 16.7 Å². The molecule has 3 rings (SSSR count). The Morgan fingerprint density at radius 1 is 1.10 bits per heavy atom. The first-order chi connectivity index (χ1) is 15.1. The van der Waals surface area contributed by atoms with E-state index in [2.05, 4.69) is 36.5 Å². The Bertz CT molecular complexity index is 849. The van der Waals surface area contributed by atoms with Gasteiger partial charge in [-0.25, -0.2) is 0 Å². The number of carbonyl (C=O) groups excluding carboxylic acids is 2. The fourth-order valence-electron chi connectivity index (χ4n) is 4.21. The van der Waals surface area contributed by atoms with Crippen molar-refractivity contribution in [2.45, 2.75) is 75.9 Å². The Hall–Kier alpha value is -2.27. The second-order valence-electron chi connectivity index (χ2n) is 8.34. The molecular weight excluding hydrogens is 404 g/mol. The van der Waals surface area contributed by atoms with Crippen LogP contribution in [0.3, 0.4) is 0 Å². The minimum atomic E-state index is -0.435. The van der Waals surface area contributed by atoms with Crippen LogP contribution in [0.15, 0.2) is 59.5 Å². The van der Waals surface area contributed by atoms with Crippen LogP contribution in [0.25, 0.3) is 0 Å². The van der Waals surface area contributed by atoms with Crippen molar-refractivity contribution in [1.82, 2.24) is 10.2 Å². The van der Waals surface area contributed by atoms with E-state index in [1.165, 1.54) is 12.8 Å². The molecule has 166 valence electrons. The molecule has 0 spiro atoms. The smallest absolute Gasteiger partial charge is 0.243 e. The minimum absolute atomic E-state index is 0.00823. The first-order valence-corrected chi connectivity index (χ1v) is 12.4. The lowest BCUT2D eigenvalue weighted by Crippen LogP contribution is -2.51. The van der Waals surface area contributed by atoms with Gasteiger partial charge in [-0.05, 0) is 43.9 Å². The van der Waals surface area contributed by atoms with Gasteiger partial charge in [0.15, 0.2) is 0 Å². The summed E-state index contributed by atoms with van der Waals surface area (Å²) in [4.78, 5) is 29.4. The van der Waals surface area contributed by atoms with Crippen molar-refractivity contribution in [3.8, 4) is 0 Å². The predicted octanol–water partition coefficient (Wildman–Crippen LogP) is 5.34. The molecule has 2 aromatic carbocycles. The maximum Gasteiger partial charge on any atom is 0.243 e. The molecule has 2 aromatic rings. The fourth-order valence-corrected chi connectivity index (χ4v) is 5.07. The van der Waals surface area contributed by atoms with E-state index in [1.807, 2.05) is 37.3 Å². The van der Waals surface area contributed by atoms with E-state index in [0.29, 0.717) is 25.1 Å². The summed E-state index contributed by atoms with van der Waals surface area (Å²) in [5.41, 5.74) is 2.23. The Morgan fingerprint density at radius 2 is 1.84 bits per heavy atom. The van der Waals surface area contributed by atoms with Gasteiger partial charge in [-0.2, -0.15) is 0 Å². The van der Waals surface area contributed by atoms with E-state index >= 15 is 0 Å². The summed E-state index contributed by atoms with van der Waals surface area (Å²) < 4.78 is 0. The Balaban J connectivity index is 1.70. The number of carbonyl (C=O) groups is 2. The van der Waals surface area contributed by atoms with Crippen molar-refractivity contribution in [1.29, 1.82) is 0 Å². The largest absolute Gasteiger partial charge is 0.352 e. The summed E-state index contributed by atoms with van der Waals surface area (Å²) in [6.45, 7) is 4.51. The highest BCUT2D eigenvalue weighted by atomic mass is 32.2. The average molecular weight is 439 g/mol. The second kappa shape index (κ2) is 11.9. The highest BCUT2D eigenvalue weighted by Crippen LogP contribution is 2.22. The normalized spacial score (nSPS) is 14.9. The molecule has 0 bridgehead atoms. The van der Waals surface area contributed by atoms with Gasteiger partial charge in [-0.1, -0.05) is 67.8 Å². The Labute approximate surface area is 190 Å². The van der Waals surface area contributed by atoms with Crippen LogP contribution in [0.2, 0.25) is 0 Å². The number of thioether (sulfide) groups is 1. The quantitative estimate of drug-likeness (QED) is 0.509. The van der Waals surface area contributed by atoms with Gasteiger partial charge >= 0.3 is 0 Å². The van der Waals surface area contributed by atoms with Gasteiger partial charge < -0.3 is 10.2 Å². The maximum atomic E-state index is 13.3. The van der Waals surface area contributed by atoms with Crippen LogP contribution in [-0.4, -0.2) is 34.6 Å². The summed E-state index contributed by atoms with van der Waals surface area (Å²) in [6.07, 6.45) is 5.46. The van der Waals surface area contributed by atoms with Crippen molar-refractivity contribution in [2.24, 2.45) is 0 Å². The lowest BCUT2D eigenvalue weighted by molar-refractivity contribution is -0.141. The van der Waals surface area contributed by atoms with Crippen molar-refractivity contribution >= 4 is 23.6 Å². The molecule has 1 saturated carbocycles. The van der Waals surface area contributed by atoms with E-state index in [-0.39, 0.29) is 17.9 Å². The molecule has 1 N–H and O–H groups in total. The number of aryl methyl sites for hydroxylation is 1. The highest BCUT2D eigenvalue weighted by Gasteiger charge is 2.30. The molecule has 2 amide bonds. The molecule has 1 fully saturated rings. The number of amides is 2. The number of hydrogen-bond donors (Lipinski definition) is 1. The van der Waals surface area contributed by atoms with Crippen LogP contribution in [-0.2, 0) is 16.1 Å². The zero-order valence-corrected chi connectivity index (χ0v) is 19.5. The zero-order valence-electron chi connectivity index (χ0n) is 18.7. The molecule has 4 nitrogen and oxygen atoms in total. The van der Waals surface area contributed by atoms with Crippen LogP contribution in [0.4, 0.5) is 0 Å². The van der Waals surface area contributed by atoms with Gasteiger partial charge in [-0.15, -0.1) is 11.8 Å². The fraction of sp³-hybridized carbons (Fsp3) is 0.462. The first-order valence-electron chi connectivity index (χ1n) is 11.4. The molecule has 5 heteroatoms. The molecule has 31 heavy (non-hydrogen) atoms. The second-order valence-corrected chi connectivity index (χ2v) is 9.50. The van der Waals surface area contributed by atoms with Crippen molar-refractivity contribution in [3.63, 3.8) is 0 Å². The lowest BCUT2D eigenvalue weighted by Gasteiger charge is -2.31.